The summed E-state index contributed by atoms with van der Waals surface area (Å²) in [7, 11) is 0.0228. The van der Waals surface area contributed by atoms with Gasteiger partial charge in [0, 0.05) is 13.1 Å². The van der Waals surface area contributed by atoms with E-state index in [4.69, 9.17) is 4.98 Å². The molecular weight excluding hydrogens is 516 g/mol. The lowest BCUT2D eigenvalue weighted by Crippen LogP contribution is -2.37. The Labute approximate surface area is 222 Å². The number of nitrogens with zero attached hydrogens (tertiary/aromatic N) is 3. The average molecular weight is 545 g/mol. The molecule has 10 heteroatoms. The second-order valence-corrected chi connectivity index (χ2v) is 11.3. The van der Waals surface area contributed by atoms with E-state index < -0.39 is 10.0 Å². The Morgan fingerprint density at radius 1 is 0.944 bits per heavy atom. The van der Waals surface area contributed by atoms with Crippen molar-refractivity contribution in [2.24, 2.45) is 0 Å². The SMILES string of the molecule is Cc1cc2nc(N(CCN(C)C)C(=O)c3ccccc3NS(=O)(=O)c3ccccc3)sc2cc1C.Cl. The van der Waals surface area contributed by atoms with Crippen LogP contribution in [0.5, 0.6) is 0 Å². The number of sulfonamides is 1. The zero-order valence-corrected chi connectivity index (χ0v) is 23.0. The van der Waals surface area contributed by atoms with E-state index in [-0.39, 0.29) is 34.5 Å². The predicted octanol–water partition coefficient (Wildman–Crippen LogP) is 5.34. The highest BCUT2D eigenvalue weighted by atomic mass is 35.5. The van der Waals surface area contributed by atoms with Gasteiger partial charge in [0.15, 0.2) is 5.13 Å². The summed E-state index contributed by atoms with van der Waals surface area (Å²) in [5, 5.41) is 0.581. The number of hydrogen-bond donors (Lipinski definition) is 1. The highest BCUT2D eigenvalue weighted by molar-refractivity contribution is 7.92. The highest BCUT2D eigenvalue weighted by Gasteiger charge is 2.25. The molecule has 0 aliphatic heterocycles. The van der Waals surface area contributed by atoms with Crippen LogP contribution in [0.3, 0.4) is 0 Å². The second kappa shape index (κ2) is 11.4. The molecule has 190 valence electrons. The van der Waals surface area contributed by atoms with Crippen LogP contribution in [-0.2, 0) is 10.0 Å². The maximum atomic E-state index is 13.9. The smallest absolute Gasteiger partial charge is 0.262 e. The van der Waals surface area contributed by atoms with Crippen LogP contribution >= 0.6 is 23.7 Å². The van der Waals surface area contributed by atoms with E-state index in [1.807, 2.05) is 32.0 Å². The van der Waals surface area contributed by atoms with Gasteiger partial charge in [-0.1, -0.05) is 41.7 Å². The van der Waals surface area contributed by atoms with Crippen LogP contribution in [0.4, 0.5) is 10.8 Å². The third kappa shape index (κ3) is 6.04. The number of para-hydroxylation sites is 1. The molecule has 0 aliphatic rings. The zero-order valence-electron chi connectivity index (χ0n) is 20.6. The van der Waals surface area contributed by atoms with Gasteiger partial charge < -0.3 is 4.90 Å². The molecule has 3 aromatic carbocycles. The van der Waals surface area contributed by atoms with Gasteiger partial charge in [0.25, 0.3) is 15.9 Å². The van der Waals surface area contributed by atoms with Crippen LogP contribution in [0.1, 0.15) is 21.5 Å². The van der Waals surface area contributed by atoms with Crippen molar-refractivity contribution in [1.29, 1.82) is 0 Å². The van der Waals surface area contributed by atoms with E-state index in [0.717, 1.165) is 15.8 Å². The van der Waals surface area contributed by atoms with Gasteiger partial charge in [0.1, 0.15) is 0 Å². The van der Waals surface area contributed by atoms with Crippen molar-refractivity contribution in [3.05, 3.63) is 83.4 Å². The normalized spacial score (nSPS) is 11.4. The fraction of sp³-hybridized carbons (Fsp3) is 0.231. The largest absolute Gasteiger partial charge is 0.308 e. The number of nitrogens with one attached hydrogen (secondary N) is 1. The summed E-state index contributed by atoms with van der Waals surface area (Å²) < 4.78 is 29.5. The molecule has 4 aromatic rings. The Balaban J connectivity index is 0.00000361. The molecule has 36 heavy (non-hydrogen) atoms. The first-order chi connectivity index (χ1) is 16.7. The number of carbonyl (C=O) groups is 1. The number of likely N-dealkylation sites (N-methyl/N-ethyl adjacent to an activating group) is 1. The van der Waals surface area contributed by atoms with Gasteiger partial charge in [-0.15, -0.1) is 12.4 Å². The molecule has 1 amide bonds. The molecule has 0 saturated heterocycles. The topological polar surface area (TPSA) is 82.6 Å². The Morgan fingerprint density at radius 2 is 1.58 bits per heavy atom. The quantitative estimate of drug-likeness (QED) is 0.323. The van der Waals surface area contributed by atoms with Crippen molar-refractivity contribution in [2.45, 2.75) is 18.7 Å². The molecule has 1 heterocycles. The van der Waals surface area contributed by atoms with Crippen molar-refractivity contribution < 1.29 is 13.2 Å². The summed E-state index contributed by atoms with van der Waals surface area (Å²) in [5.74, 6) is -0.314. The van der Waals surface area contributed by atoms with Crippen molar-refractivity contribution in [2.75, 3.05) is 36.8 Å². The van der Waals surface area contributed by atoms with Gasteiger partial charge in [-0.2, -0.15) is 0 Å². The van der Waals surface area contributed by atoms with E-state index >= 15 is 0 Å². The molecule has 7 nitrogen and oxygen atoms in total. The van der Waals surface area contributed by atoms with Crippen LogP contribution in [-0.4, -0.2) is 51.4 Å². The van der Waals surface area contributed by atoms with Crippen LogP contribution < -0.4 is 9.62 Å². The molecule has 1 aromatic heterocycles. The summed E-state index contributed by atoms with van der Waals surface area (Å²) in [6, 6.07) is 18.9. The zero-order chi connectivity index (χ0) is 25.2. The Kier molecular flexibility index (Phi) is 8.73. The monoisotopic (exact) mass is 544 g/mol. The van der Waals surface area contributed by atoms with Gasteiger partial charge in [0.2, 0.25) is 0 Å². The predicted molar refractivity (Wildman–Crippen MR) is 150 cm³/mol. The van der Waals surface area contributed by atoms with Gasteiger partial charge in [-0.05, 0) is 75.5 Å². The molecule has 1 N–H and O–H groups in total. The van der Waals surface area contributed by atoms with E-state index in [1.165, 1.54) is 29.0 Å². The van der Waals surface area contributed by atoms with Crippen molar-refractivity contribution in [3.8, 4) is 0 Å². The summed E-state index contributed by atoms with van der Waals surface area (Å²) in [5.41, 5.74) is 3.64. The lowest BCUT2D eigenvalue weighted by molar-refractivity contribution is 0.0986. The number of anilines is 2. The first-order valence-electron chi connectivity index (χ1n) is 11.2. The molecule has 0 unspecified atom stereocenters. The van der Waals surface area contributed by atoms with E-state index in [9.17, 15) is 13.2 Å². The highest BCUT2D eigenvalue weighted by Crippen LogP contribution is 2.32. The van der Waals surface area contributed by atoms with Gasteiger partial charge >= 0.3 is 0 Å². The third-order valence-electron chi connectivity index (χ3n) is 5.69. The molecule has 0 atom stereocenters. The van der Waals surface area contributed by atoms with Crippen LogP contribution in [0, 0.1) is 13.8 Å². The number of thiazole rings is 1. The van der Waals surface area contributed by atoms with Crippen LogP contribution in [0.2, 0.25) is 0 Å². The Bertz CT molecular complexity index is 1430. The summed E-state index contributed by atoms with van der Waals surface area (Å²) >= 11 is 1.46. The molecule has 0 saturated carbocycles. The summed E-state index contributed by atoms with van der Waals surface area (Å²) in [4.78, 5) is 22.4. The number of amides is 1. The average Bonchev–Trinajstić information content (AvgIpc) is 3.22. The number of hydrogen-bond acceptors (Lipinski definition) is 6. The first kappa shape index (κ1) is 27.6. The summed E-state index contributed by atoms with van der Waals surface area (Å²) in [6.07, 6.45) is 0. The number of benzene rings is 3. The van der Waals surface area contributed by atoms with Crippen molar-refractivity contribution in [1.82, 2.24) is 9.88 Å². The maximum Gasteiger partial charge on any atom is 0.262 e. The number of aryl methyl sites for hydroxylation is 2. The number of halogens is 1. The van der Waals surface area contributed by atoms with Gasteiger partial charge in [-0.3, -0.25) is 14.4 Å². The minimum atomic E-state index is -3.86. The van der Waals surface area contributed by atoms with Gasteiger partial charge in [0.05, 0.1) is 26.4 Å². The van der Waals surface area contributed by atoms with Gasteiger partial charge in [-0.25, -0.2) is 13.4 Å². The molecule has 0 spiro atoms. The van der Waals surface area contributed by atoms with Crippen molar-refractivity contribution in [3.63, 3.8) is 0 Å². The molecule has 0 radical (unpaired) electrons. The standard InChI is InChI=1S/C26H28N4O3S2.ClH/c1-18-16-23-24(17-19(18)2)34-26(27-23)30(15-14-29(3)4)25(31)21-12-8-9-13-22(21)28-35(32,33)20-10-6-5-7-11-20;/h5-13,16-17,28H,14-15H2,1-4H3;1H. The third-order valence-corrected chi connectivity index (χ3v) is 8.12. The van der Waals surface area contributed by atoms with E-state index in [1.54, 1.807) is 47.4 Å². The number of rotatable bonds is 8. The number of carbonyl (C=O) groups excluding carboxylic acids is 1. The summed E-state index contributed by atoms with van der Waals surface area (Å²) in [6.45, 7) is 5.12. The lowest BCUT2D eigenvalue weighted by atomic mass is 10.1. The van der Waals surface area contributed by atoms with E-state index in [0.29, 0.717) is 18.2 Å². The molecular formula is C26H29ClN4O3S2. The van der Waals surface area contributed by atoms with E-state index in [2.05, 4.69) is 17.7 Å². The minimum Gasteiger partial charge on any atom is -0.308 e. The maximum absolute atomic E-state index is 13.9. The Morgan fingerprint density at radius 3 is 2.28 bits per heavy atom. The molecule has 0 aliphatic carbocycles. The second-order valence-electron chi connectivity index (χ2n) is 8.62. The molecule has 4 rings (SSSR count). The molecule has 0 bridgehead atoms. The lowest BCUT2D eigenvalue weighted by Gasteiger charge is -2.23. The number of aromatic nitrogens is 1. The first-order valence-corrected chi connectivity index (χ1v) is 13.5. The fourth-order valence-electron chi connectivity index (χ4n) is 3.57. The minimum absolute atomic E-state index is 0. The Hall–Kier alpha value is -2.98. The molecule has 0 fully saturated rings. The van der Waals surface area contributed by atoms with Crippen LogP contribution in [0.25, 0.3) is 10.2 Å². The van der Waals surface area contributed by atoms with Crippen LogP contribution in [0.15, 0.2) is 71.6 Å². The number of fused-ring (bicyclic) bond motifs is 1. The fourth-order valence-corrected chi connectivity index (χ4v) is 5.75. The van der Waals surface area contributed by atoms with Crippen molar-refractivity contribution >= 4 is 60.7 Å².